The van der Waals surface area contributed by atoms with E-state index in [1.54, 1.807) is 18.4 Å². The number of benzene rings is 1. The van der Waals surface area contributed by atoms with Crippen molar-refractivity contribution in [2.24, 2.45) is 0 Å². The van der Waals surface area contributed by atoms with Gasteiger partial charge >= 0.3 is 0 Å². The Kier molecular flexibility index (Phi) is 5.55. The van der Waals surface area contributed by atoms with Crippen LogP contribution in [-0.4, -0.2) is 28.7 Å². The second-order valence-electron chi connectivity index (χ2n) is 7.04. The minimum absolute atomic E-state index is 0.00477. The van der Waals surface area contributed by atoms with Crippen LogP contribution in [-0.2, 0) is 11.3 Å². The van der Waals surface area contributed by atoms with E-state index in [-0.39, 0.29) is 5.91 Å². The first kappa shape index (κ1) is 19.2. The number of aryl methyl sites for hydroxylation is 2. The van der Waals surface area contributed by atoms with Crippen molar-refractivity contribution in [1.82, 2.24) is 15.3 Å². The summed E-state index contributed by atoms with van der Waals surface area (Å²) in [5.41, 5.74) is 2.27. The van der Waals surface area contributed by atoms with E-state index in [2.05, 4.69) is 19.2 Å². The highest BCUT2D eigenvalue weighted by molar-refractivity contribution is 8.00. The zero-order valence-corrected chi connectivity index (χ0v) is 17.9. The number of hydrogen-bond donors (Lipinski definition) is 1. The summed E-state index contributed by atoms with van der Waals surface area (Å²) in [7, 11) is 1.64. The predicted molar refractivity (Wildman–Crippen MR) is 114 cm³/mol. The zero-order chi connectivity index (χ0) is 19.7. The highest BCUT2D eigenvalue weighted by Crippen LogP contribution is 2.42. The van der Waals surface area contributed by atoms with E-state index in [0.717, 1.165) is 32.4 Å². The lowest BCUT2D eigenvalue weighted by Crippen LogP contribution is -2.24. The van der Waals surface area contributed by atoms with E-state index < -0.39 is 0 Å². The Balaban J connectivity index is 1.43. The Hall–Kier alpha value is -2.12. The molecule has 0 atom stereocenters. The summed E-state index contributed by atoms with van der Waals surface area (Å²) >= 11 is 3.23. The molecule has 5 nitrogen and oxygen atoms in total. The number of carbonyl (C=O) groups is 1. The van der Waals surface area contributed by atoms with Crippen LogP contribution >= 0.6 is 23.1 Å². The molecule has 0 radical (unpaired) electrons. The fourth-order valence-electron chi connectivity index (χ4n) is 2.99. The first-order valence-corrected chi connectivity index (χ1v) is 11.2. The van der Waals surface area contributed by atoms with Crippen LogP contribution in [0.4, 0.5) is 0 Å². The van der Waals surface area contributed by atoms with Gasteiger partial charge in [0, 0.05) is 22.7 Å². The molecule has 2 heterocycles. The average molecular weight is 414 g/mol. The number of thioether (sulfide) groups is 1. The van der Waals surface area contributed by atoms with Gasteiger partial charge in [-0.15, -0.1) is 11.3 Å². The minimum atomic E-state index is 0.00477. The number of carbonyl (C=O) groups excluding carboxylic acids is 1. The number of fused-ring (bicyclic) bond motifs is 1. The van der Waals surface area contributed by atoms with Crippen molar-refractivity contribution in [3.05, 3.63) is 46.1 Å². The van der Waals surface area contributed by atoms with E-state index in [1.807, 2.05) is 24.3 Å². The third-order valence-corrected chi connectivity index (χ3v) is 7.02. The molecule has 146 valence electrons. The lowest BCUT2D eigenvalue weighted by Gasteiger charge is -2.08. The van der Waals surface area contributed by atoms with Gasteiger partial charge in [0.1, 0.15) is 21.4 Å². The Morgan fingerprint density at radius 2 is 2.00 bits per heavy atom. The lowest BCUT2D eigenvalue weighted by molar-refractivity contribution is -0.118. The van der Waals surface area contributed by atoms with Crippen LogP contribution in [0.5, 0.6) is 5.75 Å². The largest absolute Gasteiger partial charge is 0.497 e. The number of hydrogen-bond acceptors (Lipinski definition) is 6. The summed E-state index contributed by atoms with van der Waals surface area (Å²) in [6, 6.07) is 7.71. The summed E-state index contributed by atoms with van der Waals surface area (Å²) in [4.78, 5) is 24.3. The number of thiophene rings is 1. The number of rotatable bonds is 7. The van der Waals surface area contributed by atoms with Crippen molar-refractivity contribution in [2.45, 2.75) is 44.2 Å². The highest BCUT2D eigenvalue weighted by atomic mass is 32.2. The van der Waals surface area contributed by atoms with Gasteiger partial charge in [0.05, 0.1) is 12.9 Å². The van der Waals surface area contributed by atoms with Gasteiger partial charge in [-0.05, 0) is 49.9 Å². The Labute approximate surface area is 172 Å². The lowest BCUT2D eigenvalue weighted by atomic mass is 10.2. The fourth-order valence-corrected chi connectivity index (χ4v) is 5.01. The maximum absolute atomic E-state index is 12.4. The van der Waals surface area contributed by atoms with Gasteiger partial charge < -0.3 is 10.1 Å². The smallest absolute Gasteiger partial charge is 0.230 e. The van der Waals surface area contributed by atoms with E-state index in [1.165, 1.54) is 35.0 Å². The average Bonchev–Trinajstić information content (AvgIpc) is 3.51. The fraction of sp³-hybridized carbons (Fsp3) is 0.381. The molecule has 1 aromatic carbocycles. The van der Waals surface area contributed by atoms with E-state index in [4.69, 9.17) is 14.7 Å². The van der Waals surface area contributed by atoms with Gasteiger partial charge in [-0.25, -0.2) is 9.97 Å². The molecule has 1 fully saturated rings. The second kappa shape index (κ2) is 8.09. The van der Waals surface area contributed by atoms with Crippen molar-refractivity contribution in [3.63, 3.8) is 0 Å². The van der Waals surface area contributed by atoms with E-state index >= 15 is 0 Å². The normalized spacial score (nSPS) is 13.7. The Bertz CT molecular complexity index is 1010. The molecule has 3 aromatic rings. The molecule has 1 aliphatic rings. The Morgan fingerprint density at radius 1 is 1.25 bits per heavy atom. The van der Waals surface area contributed by atoms with E-state index in [9.17, 15) is 4.79 Å². The van der Waals surface area contributed by atoms with Gasteiger partial charge in [-0.1, -0.05) is 23.9 Å². The standard InChI is InChI=1S/C21H23N3O2S2/c1-12-13(2)28-21-18(12)20(23-19(24-21)15-6-7-15)27-11-17(25)22-10-14-4-8-16(26-3)9-5-14/h4-5,8-9,15H,6-7,10-11H2,1-3H3,(H,22,25). The number of amides is 1. The first-order chi connectivity index (χ1) is 13.5. The molecule has 1 saturated carbocycles. The van der Waals surface area contributed by atoms with Crippen LogP contribution < -0.4 is 10.1 Å². The maximum atomic E-state index is 12.4. The van der Waals surface area contributed by atoms with Crippen molar-refractivity contribution < 1.29 is 9.53 Å². The van der Waals surface area contributed by atoms with Gasteiger partial charge in [-0.3, -0.25) is 4.79 Å². The van der Waals surface area contributed by atoms with Crippen LogP contribution in [0.2, 0.25) is 0 Å². The van der Waals surface area contributed by atoms with Crippen LogP contribution in [0.15, 0.2) is 29.3 Å². The summed E-state index contributed by atoms with van der Waals surface area (Å²) in [6.07, 6.45) is 2.34. The summed E-state index contributed by atoms with van der Waals surface area (Å²) in [5, 5.41) is 5.03. The van der Waals surface area contributed by atoms with Gasteiger partial charge in [0.15, 0.2) is 0 Å². The monoisotopic (exact) mass is 413 g/mol. The molecule has 7 heteroatoms. The van der Waals surface area contributed by atoms with Crippen molar-refractivity contribution in [3.8, 4) is 5.75 Å². The number of nitrogens with one attached hydrogen (secondary N) is 1. The van der Waals surface area contributed by atoms with Gasteiger partial charge in [0.25, 0.3) is 0 Å². The predicted octanol–water partition coefficient (Wildman–Crippen LogP) is 4.60. The van der Waals surface area contributed by atoms with Crippen LogP contribution in [0.3, 0.4) is 0 Å². The Morgan fingerprint density at radius 3 is 2.68 bits per heavy atom. The highest BCUT2D eigenvalue weighted by Gasteiger charge is 2.28. The molecule has 0 bridgehead atoms. The quantitative estimate of drug-likeness (QED) is 0.453. The summed E-state index contributed by atoms with van der Waals surface area (Å²) in [5.74, 6) is 2.60. The molecule has 1 N–H and O–H groups in total. The first-order valence-electron chi connectivity index (χ1n) is 9.35. The summed E-state index contributed by atoms with van der Waals surface area (Å²) < 4.78 is 5.16. The van der Waals surface area contributed by atoms with Crippen molar-refractivity contribution in [1.29, 1.82) is 0 Å². The molecule has 28 heavy (non-hydrogen) atoms. The molecule has 4 rings (SSSR count). The van der Waals surface area contributed by atoms with E-state index in [0.29, 0.717) is 18.2 Å². The molecule has 0 saturated heterocycles. The minimum Gasteiger partial charge on any atom is -0.497 e. The van der Waals surface area contributed by atoms with Crippen LogP contribution in [0.25, 0.3) is 10.2 Å². The maximum Gasteiger partial charge on any atom is 0.230 e. The third kappa shape index (κ3) is 4.15. The molecule has 0 spiro atoms. The number of nitrogens with zero attached hydrogens (tertiary/aromatic N) is 2. The topological polar surface area (TPSA) is 64.1 Å². The molecule has 2 aromatic heterocycles. The molecule has 1 aliphatic carbocycles. The van der Waals surface area contributed by atoms with Crippen molar-refractivity contribution in [2.75, 3.05) is 12.9 Å². The SMILES string of the molecule is COc1ccc(CNC(=O)CSc2nc(C3CC3)nc3sc(C)c(C)c23)cc1. The summed E-state index contributed by atoms with van der Waals surface area (Å²) in [6.45, 7) is 4.74. The van der Waals surface area contributed by atoms with Gasteiger partial charge in [-0.2, -0.15) is 0 Å². The van der Waals surface area contributed by atoms with Crippen LogP contribution in [0, 0.1) is 13.8 Å². The third-order valence-electron chi connectivity index (χ3n) is 4.94. The van der Waals surface area contributed by atoms with Crippen molar-refractivity contribution >= 4 is 39.2 Å². The number of methoxy groups -OCH3 is 1. The zero-order valence-electron chi connectivity index (χ0n) is 16.2. The second-order valence-corrected chi connectivity index (χ2v) is 9.21. The number of aromatic nitrogens is 2. The molecule has 1 amide bonds. The molecule has 0 aliphatic heterocycles. The number of ether oxygens (including phenoxy) is 1. The van der Waals surface area contributed by atoms with Crippen LogP contribution in [0.1, 0.15) is 40.6 Å². The van der Waals surface area contributed by atoms with Gasteiger partial charge in [0.2, 0.25) is 5.91 Å². The molecular weight excluding hydrogens is 390 g/mol. The molecular formula is C21H23N3O2S2. The molecule has 0 unspecified atom stereocenters.